The highest BCUT2D eigenvalue weighted by Gasteiger charge is 2.28. The van der Waals surface area contributed by atoms with E-state index in [-0.39, 0.29) is 11.7 Å². The lowest BCUT2D eigenvalue weighted by Crippen LogP contribution is -2.47. The van der Waals surface area contributed by atoms with Gasteiger partial charge in [0.05, 0.1) is 6.26 Å². The predicted molar refractivity (Wildman–Crippen MR) is 104 cm³/mol. The highest BCUT2D eigenvalue weighted by molar-refractivity contribution is 6.30. The zero-order valence-electron chi connectivity index (χ0n) is 15.9. The minimum Gasteiger partial charge on any atom is -0.459 e. The van der Waals surface area contributed by atoms with Gasteiger partial charge in [0, 0.05) is 10.6 Å². The summed E-state index contributed by atoms with van der Waals surface area (Å²) >= 11 is 5.81. The molecule has 1 aromatic heterocycles. The van der Waals surface area contributed by atoms with Gasteiger partial charge < -0.3 is 14.5 Å². The van der Waals surface area contributed by atoms with Gasteiger partial charge in [-0.2, -0.15) is 0 Å². The Morgan fingerprint density at radius 3 is 2.38 bits per heavy atom. The van der Waals surface area contributed by atoms with Crippen molar-refractivity contribution in [2.75, 3.05) is 6.61 Å². The maximum atomic E-state index is 12.4. The van der Waals surface area contributed by atoms with Crippen molar-refractivity contribution >= 4 is 35.3 Å². The molecule has 2 N–H and O–H groups in total. The first-order valence-electron chi connectivity index (χ1n) is 8.92. The second kappa shape index (κ2) is 10.4. The molecule has 8 nitrogen and oxygen atoms in total. The van der Waals surface area contributed by atoms with Crippen LogP contribution in [0.2, 0.25) is 5.02 Å². The third-order valence-corrected chi connectivity index (χ3v) is 4.46. The van der Waals surface area contributed by atoms with Crippen LogP contribution in [0.4, 0.5) is 0 Å². The number of carbonyl (C=O) groups excluding carboxylic acids is 4. The molecular formula is C20H21ClN2O6. The number of rotatable bonds is 8. The van der Waals surface area contributed by atoms with E-state index in [0.29, 0.717) is 17.0 Å². The lowest BCUT2D eigenvalue weighted by atomic mass is 9.99. The topological polar surface area (TPSA) is 115 Å². The smallest absolute Gasteiger partial charge is 0.329 e. The third kappa shape index (κ3) is 6.46. The minimum absolute atomic E-state index is 0.0441. The number of benzene rings is 1. The summed E-state index contributed by atoms with van der Waals surface area (Å²) in [5.41, 5.74) is 0.331. The molecule has 0 unspecified atom stereocenters. The Morgan fingerprint density at radius 2 is 1.79 bits per heavy atom. The van der Waals surface area contributed by atoms with E-state index < -0.39 is 36.3 Å². The van der Waals surface area contributed by atoms with Gasteiger partial charge in [0.2, 0.25) is 0 Å². The molecule has 1 heterocycles. The maximum absolute atomic E-state index is 12.4. The number of halogens is 1. The molecule has 1 aromatic carbocycles. The van der Waals surface area contributed by atoms with Gasteiger partial charge in [0.15, 0.2) is 12.4 Å². The Kier molecular flexibility index (Phi) is 7.97. The lowest BCUT2D eigenvalue weighted by Gasteiger charge is -2.22. The van der Waals surface area contributed by atoms with Gasteiger partial charge in [-0.1, -0.05) is 31.9 Å². The van der Waals surface area contributed by atoms with E-state index in [1.54, 1.807) is 19.1 Å². The van der Waals surface area contributed by atoms with Crippen LogP contribution in [0.25, 0.3) is 0 Å². The van der Waals surface area contributed by atoms with Crippen LogP contribution in [0.15, 0.2) is 47.1 Å². The second-order valence-corrected chi connectivity index (χ2v) is 6.74. The lowest BCUT2D eigenvalue weighted by molar-refractivity contribution is -0.151. The summed E-state index contributed by atoms with van der Waals surface area (Å²) in [6.07, 6.45) is 1.88. The van der Waals surface area contributed by atoms with E-state index in [0.717, 1.165) is 0 Å². The summed E-state index contributed by atoms with van der Waals surface area (Å²) in [7, 11) is 0. The van der Waals surface area contributed by atoms with Gasteiger partial charge >= 0.3 is 5.97 Å². The average molecular weight is 421 g/mol. The number of hydrogen-bond donors (Lipinski definition) is 2. The molecule has 0 aliphatic carbocycles. The molecule has 29 heavy (non-hydrogen) atoms. The Labute approximate surface area is 172 Å². The van der Waals surface area contributed by atoms with E-state index in [2.05, 4.69) is 5.32 Å². The van der Waals surface area contributed by atoms with Crippen LogP contribution in [-0.4, -0.2) is 36.3 Å². The van der Waals surface area contributed by atoms with Gasteiger partial charge in [-0.25, -0.2) is 4.79 Å². The summed E-state index contributed by atoms with van der Waals surface area (Å²) in [6.45, 7) is 2.96. The van der Waals surface area contributed by atoms with E-state index in [4.69, 9.17) is 20.8 Å². The quantitative estimate of drug-likeness (QED) is 0.634. The van der Waals surface area contributed by atoms with Crippen LogP contribution in [0.3, 0.4) is 0 Å². The van der Waals surface area contributed by atoms with Crippen molar-refractivity contribution in [3.8, 4) is 0 Å². The summed E-state index contributed by atoms with van der Waals surface area (Å²) < 4.78 is 9.86. The van der Waals surface area contributed by atoms with E-state index in [1.165, 1.54) is 30.5 Å². The fraction of sp³-hybridized carbons (Fsp3) is 0.300. The standard InChI is InChI=1S/C20H21ClN2O6/c1-3-12(2)17(23-18(25)13-6-8-14(21)9-7-13)20(27)29-11-16(24)22-19(26)15-5-4-10-28-15/h4-10,12,17H,3,11H2,1-2H3,(H,23,25)(H,22,24,26)/t12-,17-/m0/s1. The minimum atomic E-state index is -0.961. The molecule has 3 amide bonds. The molecule has 0 radical (unpaired) electrons. The van der Waals surface area contributed by atoms with E-state index >= 15 is 0 Å². The molecule has 0 aliphatic rings. The number of carbonyl (C=O) groups is 4. The van der Waals surface area contributed by atoms with Crippen molar-refractivity contribution in [2.45, 2.75) is 26.3 Å². The van der Waals surface area contributed by atoms with Crippen LogP contribution in [-0.2, 0) is 14.3 Å². The zero-order valence-corrected chi connectivity index (χ0v) is 16.7. The molecule has 0 spiro atoms. The fourth-order valence-corrected chi connectivity index (χ4v) is 2.48. The summed E-state index contributed by atoms with van der Waals surface area (Å²) in [5, 5.41) is 5.14. The first-order valence-corrected chi connectivity index (χ1v) is 9.30. The van der Waals surface area contributed by atoms with E-state index in [9.17, 15) is 19.2 Å². The average Bonchev–Trinajstić information content (AvgIpc) is 3.25. The van der Waals surface area contributed by atoms with Crippen LogP contribution in [0, 0.1) is 5.92 Å². The first-order chi connectivity index (χ1) is 13.8. The Bertz CT molecular complexity index is 864. The molecule has 0 saturated carbocycles. The molecule has 0 aliphatic heterocycles. The first kappa shape index (κ1) is 22.2. The summed E-state index contributed by atoms with van der Waals surface area (Å²) in [4.78, 5) is 48.4. The zero-order chi connectivity index (χ0) is 21.4. The molecule has 0 saturated heterocycles. The molecular weight excluding hydrogens is 400 g/mol. The molecule has 9 heteroatoms. The molecule has 154 valence electrons. The van der Waals surface area contributed by atoms with Crippen LogP contribution < -0.4 is 10.6 Å². The monoisotopic (exact) mass is 420 g/mol. The predicted octanol–water partition coefficient (Wildman–Crippen LogP) is 2.58. The maximum Gasteiger partial charge on any atom is 0.329 e. The summed E-state index contributed by atoms with van der Waals surface area (Å²) in [6, 6.07) is 8.12. The largest absolute Gasteiger partial charge is 0.459 e. The number of nitrogens with one attached hydrogen (secondary N) is 2. The molecule has 2 aromatic rings. The van der Waals surface area contributed by atoms with Crippen molar-refractivity contribution < 1.29 is 28.3 Å². The Balaban J connectivity index is 1.94. The van der Waals surface area contributed by atoms with Crippen LogP contribution in [0.5, 0.6) is 0 Å². The number of furan rings is 1. The SMILES string of the molecule is CC[C@H](C)[C@H](NC(=O)c1ccc(Cl)cc1)C(=O)OCC(=O)NC(=O)c1ccco1. The van der Waals surface area contributed by atoms with Gasteiger partial charge in [-0.15, -0.1) is 0 Å². The number of hydrogen-bond acceptors (Lipinski definition) is 6. The number of imide groups is 1. The number of esters is 1. The number of amides is 3. The van der Waals surface area contributed by atoms with Gasteiger partial charge in [0.25, 0.3) is 17.7 Å². The van der Waals surface area contributed by atoms with Crippen molar-refractivity contribution in [2.24, 2.45) is 5.92 Å². The normalized spacial score (nSPS) is 12.5. The molecule has 2 rings (SSSR count). The summed E-state index contributed by atoms with van der Waals surface area (Å²) in [5.74, 6) is -3.09. The highest BCUT2D eigenvalue weighted by Crippen LogP contribution is 2.13. The van der Waals surface area contributed by atoms with Crippen molar-refractivity contribution in [1.82, 2.24) is 10.6 Å². The van der Waals surface area contributed by atoms with Gasteiger partial charge in [-0.05, 0) is 42.3 Å². The van der Waals surface area contributed by atoms with Crippen molar-refractivity contribution in [3.63, 3.8) is 0 Å². The van der Waals surface area contributed by atoms with Crippen molar-refractivity contribution in [1.29, 1.82) is 0 Å². The van der Waals surface area contributed by atoms with Crippen LogP contribution >= 0.6 is 11.6 Å². The highest BCUT2D eigenvalue weighted by atomic mass is 35.5. The Hall–Kier alpha value is -3.13. The molecule has 0 fully saturated rings. The molecule has 0 bridgehead atoms. The van der Waals surface area contributed by atoms with Gasteiger partial charge in [-0.3, -0.25) is 19.7 Å². The Morgan fingerprint density at radius 1 is 1.10 bits per heavy atom. The molecule has 2 atom stereocenters. The second-order valence-electron chi connectivity index (χ2n) is 6.31. The fourth-order valence-electron chi connectivity index (χ4n) is 2.35. The number of ether oxygens (including phenoxy) is 1. The van der Waals surface area contributed by atoms with Gasteiger partial charge in [0.1, 0.15) is 6.04 Å². The van der Waals surface area contributed by atoms with E-state index in [1.807, 2.05) is 12.2 Å². The third-order valence-electron chi connectivity index (χ3n) is 4.20. The van der Waals surface area contributed by atoms with Crippen molar-refractivity contribution in [3.05, 3.63) is 59.0 Å². The van der Waals surface area contributed by atoms with Crippen LogP contribution in [0.1, 0.15) is 41.2 Å².